The van der Waals surface area contributed by atoms with Crippen molar-refractivity contribution >= 4 is 5.91 Å². The molecule has 1 aliphatic rings. The van der Waals surface area contributed by atoms with E-state index < -0.39 is 0 Å². The van der Waals surface area contributed by atoms with Gasteiger partial charge in [0.25, 0.3) is 5.91 Å². The topological polar surface area (TPSA) is 60.0 Å². The van der Waals surface area contributed by atoms with Crippen molar-refractivity contribution in [3.63, 3.8) is 0 Å². The highest BCUT2D eigenvalue weighted by Gasteiger charge is 2.17. The van der Waals surface area contributed by atoms with Crippen LogP contribution in [0.25, 0.3) is 0 Å². The number of amides is 1. The number of hydrogen-bond acceptors (Lipinski definition) is 5. The summed E-state index contributed by atoms with van der Waals surface area (Å²) in [6, 6.07) is 5.31. The summed E-state index contributed by atoms with van der Waals surface area (Å²) in [4.78, 5) is 14.7. The number of hydrogen-bond donors (Lipinski definition) is 1. The Kier molecular flexibility index (Phi) is 6.48. The predicted molar refractivity (Wildman–Crippen MR) is 83.8 cm³/mol. The molecule has 0 aliphatic carbocycles. The molecule has 22 heavy (non-hydrogen) atoms. The fourth-order valence-electron chi connectivity index (χ4n) is 2.49. The van der Waals surface area contributed by atoms with Gasteiger partial charge < -0.3 is 19.5 Å². The Morgan fingerprint density at radius 2 is 1.86 bits per heavy atom. The first-order valence-electron chi connectivity index (χ1n) is 7.55. The summed E-state index contributed by atoms with van der Waals surface area (Å²) in [5, 5.41) is 2.93. The molecule has 1 N–H and O–H groups in total. The third kappa shape index (κ3) is 4.35. The number of ether oxygens (including phenoxy) is 3. The molecule has 6 nitrogen and oxygen atoms in total. The zero-order valence-corrected chi connectivity index (χ0v) is 13.3. The Bertz CT molecular complexity index is 465. The van der Waals surface area contributed by atoms with Crippen LogP contribution in [-0.4, -0.2) is 64.4 Å². The van der Waals surface area contributed by atoms with Crippen LogP contribution in [0.5, 0.6) is 11.5 Å². The van der Waals surface area contributed by atoms with Crippen LogP contribution < -0.4 is 14.8 Å². The fraction of sp³-hybridized carbons (Fsp3) is 0.562. The Balaban J connectivity index is 1.84. The summed E-state index contributed by atoms with van der Waals surface area (Å²) in [5.41, 5.74) is 0.443. The molecule has 1 aromatic carbocycles. The largest absolute Gasteiger partial charge is 0.496 e. The van der Waals surface area contributed by atoms with Gasteiger partial charge in [0.2, 0.25) is 0 Å². The van der Waals surface area contributed by atoms with E-state index in [0.29, 0.717) is 23.6 Å². The molecule has 0 bridgehead atoms. The van der Waals surface area contributed by atoms with Crippen molar-refractivity contribution in [3.8, 4) is 11.5 Å². The van der Waals surface area contributed by atoms with Crippen LogP contribution >= 0.6 is 0 Å². The van der Waals surface area contributed by atoms with Gasteiger partial charge in [-0.05, 0) is 25.1 Å². The van der Waals surface area contributed by atoms with Crippen LogP contribution in [0, 0.1) is 0 Å². The number of nitrogens with one attached hydrogen (secondary N) is 1. The molecule has 0 radical (unpaired) electrons. The molecule has 2 rings (SSSR count). The van der Waals surface area contributed by atoms with Gasteiger partial charge in [0.15, 0.2) is 0 Å². The van der Waals surface area contributed by atoms with Gasteiger partial charge in [-0.2, -0.15) is 0 Å². The average molecular weight is 308 g/mol. The highest BCUT2D eigenvalue weighted by atomic mass is 16.5. The summed E-state index contributed by atoms with van der Waals surface area (Å²) in [5.74, 6) is 0.867. The minimum atomic E-state index is -0.170. The third-order valence-electron chi connectivity index (χ3n) is 3.70. The fourth-order valence-corrected chi connectivity index (χ4v) is 2.49. The number of nitrogens with zero attached hydrogens (tertiary/aromatic N) is 1. The maximum absolute atomic E-state index is 12.4. The van der Waals surface area contributed by atoms with Gasteiger partial charge in [-0.15, -0.1) is 0 Å². The lowest BCUT2D eigenvalue weighted by atomic mass is 10.1. The smallest absolute Gasteiger partial charge is 0.258 e. The highest BCUT2D eigenvalue weighted by molar-refractivity contribution is 5.99. The van der Waals surface area contributed by atoms with E-state index in [1.54, 1.807) is 32.4 Å². The minimum Gasteiger partial charge on any atom is -0.496 e. The van der Waals surface area contributed by atoms with Gasteiger partial charge >= 0.3 is 0 Å². The highest BCUT2D eigenvalue weighted by Crippen LogP contribution is 2.27. The van der Waals surface area contributed by atoms with Crippen LogP contribution in [0.15, 0.2) is 18.2 Å². The second kappa shape index (κ2) is 8.60. The Morgan fingerprint density at radius 3 is 2.45 bits per heavy atom. The summed E-state index contributed by atoms with van der Waals surface area (Å²) >= 11 is 0. The van der Waals surface area contributed by atoms with Gasteiger partial charge in [0.05, 0.1) is 27.4 Å². The first kappa shape index (κ1) is 16.6. The van der Waals surface area contributed by atoms with Crippen molar-refractivity contribution in [1.29, 1.82) is 0 Å². The lowest BCUT2D eigenvalue weighted by molar-refractivity contribution is 0.0374. The van der Waals surface area contributed by atoms with E-state index in [-0.39, 0.29) is 5.91 Å². The first-order chi connectivity index (χ1) is 10.8. The number of rotatable bonds is 7. The number of morpholine rings is 1. The SMILES string of the molecule is COc1cccc(OC)c1C(=O)NCCCN1CCOCC1. The molecule has 122 valence electrons. The van der Waals surface area contributed by atoms with Crippen LogP contribution in [-0.2, 0) is 4.74 Å². The van der Waals surface area contributed by atoms with E-state index in [1.807, 2.05) is 0 Å². The molecule has 0 spiro atoms. The van der Waals surface area contributed by atoms with Crippen molar-refractivity contribution in [3.05, 3.63) is 23.8 Å². The number of benzene rings is 1. The van der Waals surface area contributed by atoms with E-state index in [9.17, 15) is 4.79 Å². The standard InChI is InChI=1S/C16H24N2O4/c1-20-13-5-3-6-14(21-2)15(13)16(19)17-7-4-8-18-9-11-22-12-10-18/h3,5-6H,4,7-12H2,1-2H3,(H,17,19). The monoisotopic (exact) mass is 308 g/mol. The van der Waals surface area contributed by atoms with E-state index in [4.69, 9.17) is 14.2 Å². The van der Waals surface area contributed by atoms with Crippen molar-refractivity contribution in [2.24, 2.45) is 0 Å². The predicted octanol–water partition coefficient (Wildman–Crippen LogP) is 1.16. The zero-order valence-electron chi connectivity index (χ0n) is 13.3. The molecule has 1 amide bonds. The number of carbonyl (C=O) groups excluding carboxylic acids is 1. The Hall–Kier alpha value is -1.79. The summed E-state index contributed by atoms with van der Waals surface area (Å²) in [7, 11) is 3.09. The molecule has 0 unspecified atom stereocenters. The van der Waals surface area contributed by atoms with Gasteiger partial charge in [0.1, 0.15) is 17.1 Å². The van der Waals surface area contributed by atoms with E-state index in [1.165, 1.54) is 0 Å². The molecule has 6 heteroatoms. The molecule has 1 heterocycles. The Morgan fingerprint density at radius 1 is 1.23 bits per heavy atom. The number of methoxy groups -OCH3 is 2. The third-order valence-corrected chi connectivity index (χ3v) is 3.70. The van der Waals surface area contributed by atoms with Gasteiger partial charge in [-0.1, -0.05) is 6.07 Å². The molecular weight excluding hydrogens is 284 g/mol. The molecule has 0 saturated carbocycles. The summed E-state index contributed by atoms with van der Waals surface area (Å²) < 4.78 is 15.8. The lowest BCUT2D eigenvalue weighted by Gasteiger charge is -2.26. The average Bonchev–Trinajstić information content (AvgIpc) is 2.58. The molecule has 1 aromatic rings. The molecular formula is C16H24N2O4. The summed E-state index contributed by atoms with van der Waals surface area (Å²) in [6.45, 7) is 5.11. The Labute approximate surface area is 131 Å². The molecule has 1 fully saturated rings. The minimum absolute atomic E-state index is 0.170. The van der Waals surface area contributed by atoms with Crippen LogP contribution in [0.4, 0.5) is 0 Å². The van der Waals surface area contributed by atoms with Crippen LogP contribution in [0.2, 0.25) is 0 Å². The van der Waals surface area contributed by atoms with Gasteiger partial charge in [-0.25, -0.2) is 0 Å². The van der Waals surface area contributed by atoms with Crippen molar-refractivity contribution in [2.75, 3.05) is 53.6 Å². The normalized spacial score (nSPS) is 15.4. The second-order valence-corrected chi connectivity index (χ2v) is 5.10. The molecule has 0 atom stereocenters. The number of carbonyl (C=O) groups is 1. The van der Waals surface area contributed by atoms with Gasteiger partial charge in [-0.3, -0.25) is 9.69 Å². The molecule has 1 saturated heterocycles. The van der Waals surface area contributed by atoms with Crippen LogP contribution in [0.3, 0.4) is 0 Å². The van der Waals surface area contributed by atoms with Gasteiger partial charge in [0, 0.05) is 19.6 Å². The second-order valence-electron chi connectivity index (χ2n) is 5.10. The summed E-state index contributed by atoms with van der Waals surface area (Å²) in [6.07, 6.45) is 0.906. The maximum atomic E-state index is 12.4. The van der Waals surface area contributed by atoms with E-state index in [2.05, 4.69) is 10.2 Å². The molecule has 0 aromatic heterocycles. The van der Waals surface area contributed by atoms with Crippen molar-refractivity contribution in [2.45, 2.75) is 6.42 Å². The van der Waals surface area contributed by atoms with Crippen LogP contribution in [0.1, 0.15) is 16.8 Å². The lowest BCUT2D eigenvalue weighted by Crippen LogP contribution is -2.38. The van der Waals surface area contributed by atoms with Crippen molar-refractivity contribution < 1.29 is 19.0 Å². The zero-order chi connectivity index (χ0) is 15.8. The molecule has 1 aliphatic heterocycles. The first-order valence-corrected chi connectivity index (χ1v) is 7.55. The van der Waals surface area contributed by atoms with E-state index >= 15 is 0 Å². The van der Waals surface area contributed by atoms with Crippen molar-refractivity contribution in [1.82, 2.24) is 10.2 Å². The quantitative estimate of drug-likeness (QED) is 0.766. The van der Waals surface area contributed by atoms with E-state index in [0.717, 1.165) is 39.3 Å². The maximum Gasteiger partial charge on any atom is 0.258 e.